The van der Waals surface area contributed by atoms with Crippen LogP contribution in [0.4, 0.5) is 26.3 Å². The summed E-state index contributed by atoms with van der Waals surface area (Å²) in [5.74, 6) is -9.65. The zero-order valence-corrected chi connectivity index (χ0v) is 12.5. The fraction of sp³-hybridized carbons (Fsp3) is 1.00. The molecule has 0 aromatic carbocycles. The molecule has 0 aliphatic heterocycles. The van der Waals surface area contributed by atoms with E-state index in [2.05, 4.69) is 13.8 Å². The van der Waals surface area contributed by atoms with Gasteiger partial charge in [-0.2, -0.15) is 17.6 Å². The summed E-state index contributed by atoms with van der Waals surface area (Å²) in [5.41, 5.74) is 0. The van der Waals surface area contributed by atoms with Gasteiger partial charge in [-0.15, -0.1) is 0 Å². The van der Waals surface area contributed by atoms with Crippen molar-refractivity contribution in [3.05, 3.63) is 0 Å². The van der Waals surface area contributed by atoms with Crippen LogP contribution in [0.1, 0.15) is 52.4 Å². The third kappa shape index (κ3) is 5.68. The fourth-order valence-electron chi connectivity index (χ4n) is 1.65. The quantitative estimate of drug-likeness (QED) is 0.433. The Hall–Kier alpha value is -0.460. The first-order chi connectivity index (χ1) is 9.73. The van der Waals surface area contributed by atoms with E-state index in [1.807, 2.05) is 0 Å². The predicted molar refractivity (Wildman–Crippen MR) is 69.6 cm³/mol. The van der Waals surface area contributed by atoms with Gasteiger partial charge < -0.3 is 4.74 Å². The van der Waals surface area contributed by atoms with E-state index in [4.69, 9.17) is 4.74 Å². The Morgan fingerprint density at radius 3 is 1.29 bits per heavy atom. The van der Waals surface area contributed by atoms with Crippen LogP contribution in [-0.2, 0) is 4.74 Å². The monoisotopic (exact) mass is 322 g/mol. The van der Waals surface area contributed by atoms with Crippen molar-refractivity contribution in [2.45, 2.75) is 76.6 Å². The molecule has 0 bridgehead atoms. The maximum Gasteiger partial charge on any atom is 0.346 e. The molecule has 1 rings (SSSR count). The van der Waals surface area contributed by atoms with Crippen molar-refractivity contribution in [2.75, 3.05) is 13.2 Å². The standard InChI is InChI=1S/C10H22O.C4H2F6/c1-3-5-7-9-11-10-8-6-4-2;5-1-2(6)4(9,10)3(1,7)8/h3-10H2,1-2H3;1-2H/t;1-,2-/m.0/s1. The van der Waals surface area contributed by atoms with Gasteiger partial charge in [0, 0.05) is 13.2 Å². The molecule has 1 saturated carbocycles. The van der Waals surface area contributed by atoms with E-state index in [-0.39, 0.29) is 0 Å². The maximum atomic E-state index is 11.6. The lowest BCUT2D eigenvalue weighted by atomic mass is 9.85. The summed E-state index contributed by atoms with van der Waals surface area (Å²) in [6, 6.07) is 0. The van der Waals surface area contributed by atoms with Crippen LogP contribution in [0.15, 0.2) is 0 Å². The average Bonchev–Trinajstić information content (AvgIpc) is 2.45. The molecule has 128 valence electrons. The molecule has 1 aliphatic carbocycles. The number of hydrogen-bond donors (Lipinski definition) is 0. The molecule has 1 fully saturated rings. The second kappa shape index (κ2) is 9.54. The topological polar surface area (TPSA) is 9.23 Å². The number of hydrogen-bond acceptors (Lipinski definition) is 1. The van der Waals surface area contributed by atoms with Gasteiger partial charge in [0.15, 0.2) is 0 Å². The molecule has 1 nitrogen and oxygen atoms in total. The normalized spacial score (nSPS) is 25.7. The molecule has 7 heteroatoms. The first-order valence-corrected chi connectivity index (χ1v) is 7.34. The van der Waals surface area contributed by atoms with E-state index in [0.29, 0.717) is 0 Å². The van der Waals surface area contributed by atoms with Gasteiger partial charge >= 0.3 is 11.8 Å². The van der Waals surface area contributed by atoms with Crippen LogP contribution in [-0.4, -0.2) is 37.4 Å². The molecule has 0 N–H and O–H groups in total. The zero-order valence-electron chi connectivity index (χ0n) is 12.5. The average molecular weight is 322 g/mol. The lowest BCUT2D eigenvalue weighted by Gasteiger charge is -2.41. The second-order valence-corrected chi connectivity index (χ2v) is 5.08. The van der Waals surface area contributed by atoms with Gasteiger partial charge in [0.2, 0.25) is 12.3 Å². The fourth-order valence-corrected chi connectivity index (χ4v) is 1.65. The predicted octanol–water partition coefficient (Wildman–Crippen LogP) is 5.33. The van der Waals surface area contributed by atoms with E-state index in [1.165, 1.54) is 38.5 Å². The van der Waals surface area contributed by atoms with E-state index >= 15 is 0 Å². The molecular formula is C14H24F6O. The van der Waals surface area contributed by atoms with Gasteiger partial charge in [0.25, 0.3) is 0 Å². The van der Waals surface area contributed by atoms with Crippen LogP contribution in [0.2, 0.25) is 0 Å². The maximum absolute atomic E-state index is 11.6. The van der Waals surface area contributed by atoms with Crippen LogP contribution in [0.5, 0.6) is 0 Å². The molecule has 0 saturated heterocycles. The molecule has 21 heavy (non-hydrogen) atoms. The van der Waals surface area contributed by atoms with Gasteiger partial charge in [-0.05, 0) is 12.8 Å². The molecule has 1 aliphatic rings. The number of unbranched alkanes of at least 4 members (excludes halogenated alkanes) is 4. The number of rotatable bonds is 8. The van der Waals surface area contributed by atoms with E-state index in [0.717, 1.165) is 13.2 Å². The molecule has 0 amide bonds. The highest BCUT2D eigenvalue weighted by atomic mass is 19.3. The minimum atomic E-state index is -4.83. The lowest BCUT2D eigenvalue weighted by Crippen LogP contribution is -2.70. The molecule has 0 radical (unpaired) electrons. The highest BCUT2D eigenvalue weighted by Crippen LogP contribution is 2.54. The summed E-state index contributed by atoms with van der Waals surface area (Å²) in [7, 11) is 0. The van der Waals surface area contributed by atoms with Crippen molar-refractivity contribution in [3.63, 3.8) is 0 Å². The van der Waals surface area contributed by atoms with Crippen LogP contribution >= 0.6 is 0 Å². The molecular weight excluding hydrogens is 298 g/mol. The first kappa shape index (κ1) is 20.5. The lowest BCUT2D eigenvalue weighted by molar-refractivity contribution is -0.351. The summed E-state index contributed by atoms with van der Waals surface area (Å²) >= 11 is 0. The number of halogens is 6. The van der Waals surface area contributed by atoms with Crippen molar-refractivity contribution in [1.82, 2.24) is 0 Å². The van der Waals surface area contributed by atoms with Gasteiger partial charge in [-0.3, -0.25) is 0 Å². The van der Waals surface area contributed by atoms with Crippen LogP contribution in [0, 0.1) is 0 Å². The molecule has 0 aromatic rings. The van der Waals surface area contributed by atoms with Crippen LogP contribution in [0.25, 0.3) is 0 Å². The number of alkyl halides is 6. The van der Waals surface area contributed by atoms with E-state index in [1.54, 1.807) is 0 Å². The highest BCUT2D eigenvalue weighted by Gasteiger charge is 2.81. The van der Waals surface area contributed by atoms with Crippen LogP contribution in [0.3, 0.4) is 0 Å². The zero-order chi connectivity index (χ0) is 16.5. The first-order valence-electron chi connectivity index (χ1n) is 7.34. The Morgan fingerprint density at radius 1 is 0.714 bits per heavy atom. The minimum Gasteiger partial charge on any atom is -0.381 e. The largest absolute Gasteiger partial charge is 0.381 e. The summed E-state index contributed by atoms with van der Waals surface area (Å²) in [5, 5.41) is 0. The van der Waals surface area contributed by atoms with Gasteiger partial charge in [-0.1, -0.05) is 39.5 Å². The highest BCUT2D eigenvalue weighted by molar-refractivity contribution is 5.12. The Bertz CT molecular complexity index is 246. The van der Waals surface area contributed by atoms with E-state index < -0.39 is 24.2 Å². The Morgan fingerprint density at radius 2 is 1.05 bits per heavy atom. The van der Waals surface area contributed by atoms with Gasteiger partial charge in [0.05, 0.1) is 0 Å². The summed E-state index contributed by atoms with van der Waals surface area (Å²) in [6.45, 7) is 6.38. The SMILES string of the molecule is CCCCCOCCCCC.F[C@H]1[C@H](F)C(F)(F)C1(F)F. The molecule has 0 heterocycles. The molecule has 0 spiro atoms. The summed E-state index contributed by atoms with van der Waals surface area (Å²) < 4.78 is 75.0. The van der Waals surface area contributed by atoms with Crippen LogP contribution < -0.4 is 0 Å². The third-order valence-electron chi connectivity index (χ3n) is 3.18. The van der Waals surface area contributed by atoms with Gasteiger partial charge in [0.1, 0.15) is 0 Å². The Kier molecular flexibility index (Phi) is 9.33. The Labute approximate surface area is 122 Å². The Balaban J connectivity index is 0.000000382. The van der Waals surface area contributed by atoms with Crippen molar-refractivity contribution in [1.29, 1.82) is 0 Å². The third-order valence-corrected chi connectivity index (χ3v) is 3.18. The summed E-state index contributed by atoms with van der Waals surface area (Å²) in [4.78, 5) is 0. The molecule has 2 atom stereocenters. The number of ether oxygens (including phenoxy) is 1. The van der Waals surface area contributed by atoms with Crippen molar-refractivity contribution >= 4 is 0 Å². The smallest absolute Gasteiger partial charge is 0.346 e. The van der Waals surface area contributed by atoms with E-state index in [9.17, 15) is 26.3 Å². The van der Waals surface area contributed by atoms with Crippen molar-refractivity contribution in [3.8, 4) is 0 Å². The molecule has 0 unspecified atom stereocenters. The molecule has 0 aromatic heterocycles. The van der Waals surface area contributed by atoms with Crippen molar-refractivity contribution < 1.29 is 31.1 Å². The van der Waals surface area contributed by atoms with Gasteiger partial charge in [-0.25, -0.2) is 8.78 Å². The minimum absolute atomic E-state index is 0.970. The summed E-state index contributed by atoms with van der Waals surface area (Å²) in [6.07, 6.45) is 0.966. The van der Waals surface area contributed by atoms with Crippen molar-refractivity contribution in [2.24, 2.45) is 0 Å². The second-order valence-electron chi connectivity index (χ2n) is 5.08.